The summed E-state index contributed by atoms with van der Waals surface area (Å²) in [6.45, 7) is 0. The molecule has 21 heavy (non-hydrogen) atoms. The predicted molar refractivity (Wildman–Crippen MR) is 81.2 cm³/mol. The Bertz CT molecular complexity index is 749. The first-order chi connectivity index (χ1) is 10.3. The molecule has 0 saturated heterocycles. The molecule has 3 aromatic heterocycles. The van der Waals surface area contributed by atoms with Gasteiger partial charge in [-0.25, -0.2) is 5.43 Å². The van der Waals surface area contributed by atoms with E-state index in [0.29, 0.717) is 5.69 Å². The molecule has 0 spiro atoms. The predicted octanol–water partition coefficient (Wildman–Crippen LogP) is 2.30. The molecule has 0 unspecified atom stereocenters. The van der Waals surface area contributed by atoms with Crippen LogP contribution >= 0.6 is 11.3 Å². The molecule has 1 amide bonds. The number of aromatic nitrogens is 3. The van der Waals surface area contributed by atoms with Gasteiger partial charge in [-0.15, -0.1) is 11.3 Å². The lowest BCUT2D eigenvalue weighted by Gasteiger charge is -1.94. The van der Waals surface area contributed by atoms with E-state index in [9.17, 15) is 4.79 Å². The van der Waals surface area contributed by atoms with Gasteiger partial charge in [0.1, 0.15) is 0 Å². The van der Waals surface area contributed by atoms with Gasteiger partial charge in [0.05, 0.1) is 16.8 Å². The number of carbonyl (C=O) groups is 1. The van der Waals surface area contributed by atoms with Gasteiger partial charge in [-0.05, 0) is 35.2 Å². The molecule has 3 aromatic rings. The Balaban J connectivity index is 1.65. The molecule has 0 bridgehead atoms. The zero-order chi connectivity index (χ0) is 14.5. The number of hydrogen-bond acceptors (Lipinski definition) is 5. The van der Waals surface area contributed by atoms with Crippen LogP contribution in [0.25, 0.3) is 10.6 Å². The van der Waals surface area contributed by atoms with Crippen LogP contribution in [0.3, 0.4) is 0 Å². The van der Waals surface area contributed by atoms with Crippen molar-refractivity contribution in [3.8, 4) is 10.6 Å². The van der Waals surface area contributed by atoms with Crippen LogP contribution in [0.5, 0.6) is 0 Å². The average Bonchev–Trinajstić information content (AvgIpc) is 3.19. The van der Waals surface area contributed by atoms with Crippen LogP contribution in [0.4, 0.5) is 0 Å². The molecule has 0 atom stereocenters. The maximum atomic E-state index is 11.9. The van der Waals surface area contributed by atoms with Gasteiger partial charge in [0.2, 0.25) is 0 Å². The van der Waals surface area contributed by atoms with Crippen molar-refractivity contribution in [3.63, 3.8) is 0 Å². The van der Waals surface area contributed by atoms with Crippen molar-refractivity contribution >= 4 is 23.5 Å². The van der Waals surface area contributed by atoms with Gasteiger partial charge in [0, 0.05) is 12.4 Å². The molecular formula is C14H11N5OS. The van der Waals surface area contributed by atoms with Crippen molar-refractivity contribution in [3.05, 3.63) is 59.4 Å². The summed E-state index contributed by atoms with van der Waals surface area (Å²) in [6.07, 6.45) is 4.86. The Labute approximate surface area is 124 Å². The minimum atomic E-state index is -0.362. The third-order valence-electron chi connectivity index (χ3n) is 2.68. The second-order valence-corrected chi connectivity index (χ2v) is 5.07. The first kappa shape index (κ1) is 13.2. The Hall–Kier alpha value is -2.80. The molecule has 0 aliphatic rings. The fourth-order valence-corrected chi connectivity index (χ4v) is 2.36. The molecule has 0 radical (unpaired) electrons. The van der Waals surface area contributed by atoms with E-state index in [2.05, 4.69) is 25.7 Å². The van der Waals surface area contributed by atoms with E-state index in [0.717, 1.165) is 16.1 Å². The number of rotatable bonds is 4. The van der Waals surface area contributed by atoms with Crippen LogP contribution in [0.15, 0.2) is 53.2 Å². The number of aromatic amines is 1. The second-order valence-electron chi connectivity index (χ2n) is 4.12. The summed E-state index contributed by atoms with van der Waals surface area (Å²) in [6, 6.07) is 9.18. The lowest BCUT2D eigenvalue weighted by Crippen LogP contribution is -2.17. The lowest BCUT2D eigenvalue weighted by molar-refractivity contribution is 0.0950. The first-order valence-corrected chi connectivity index (χ1v) is 7.03. The minimum absolute atomic E-state index is 0.297. The number of nitrogens with zero attached hydrogens (tertiary/aromatic N) is 3. The summed E-state index contributed by atoms with van der Waals surface area (Å²) in [7, 11) is 0. The summed E-state index contributed by atoms with van der Waals surface area (Å²) in [5.74, 6) is -0.362. The highest BCUT2D eigenvalue weighted by Crippen LogP contribution is 2.22. The Morgan fingerprint density at radius 3 is 2.95 bits per heavy atom. The van der Waals surface area contributed by atoms with Crippen LogP contribution in [-0.4, -0.2) is 27.3 Å². The molecule has 7 heteroatoms. The van der Waals surface area contributed by atoms with Gasteiger partial charge in [-0.3, -0.25) is 14.9 Å². The molecule has 0 saturated carbocycles. The third kappa shape index (κ3) is 3.21. The Morgan fingerprint density at radius 2 is 2.19 bits per heavy atom. The van der Waals surface area contributed by atoms with E-state index in [1.54, 1.807) is 48.1 Å². The second kappa shape index (κ2) is 6.10. The van der Waals surface area contributed by atoms with Crippen molar-refractivity contribution in [1.29, 1.82) is 0 Å². The zero-order valence-corrected chi connectivity index (χ0v) is 11.7. The van der Waals surface area contributed by atoms with Gasteiger partial charge in [-0.2, -0.15) is 10.2 Å². The van der Waals surface area contributed by atoms with Gasteiger partial charge in [0.25, 0.3) is 5.91 Å². The first-order valence-electron chi connectivity index (χ1n) is 6.15. The number of amides is 1. The van der Waals surface area contributed by atoms with Crippen LogP contribution in [0.1, 0.15) is 16.1 Å². The van der Waals surface area contributed by atoms with Crippen LogP contribution in [-0.2, 0) is 0 Å². The number of pyridine rings is 1. The lowest BCUT2D eigenvalue weighted by atomic mass is 10.3. The largest absolute Gasteiger partial charge is 0.291 e. The molecular weight excluding hydrogens is 286 g/mol. The molecule has 0 aromatic carbocycles. The summed E-state index contributed by atoms with van der Waals surface area (Å²) >= 11 is 1.58. The number of carbonyl (C=O) groups excluding carboxylic acids is 1. The molecule has 6 nitrogen and oxygen atoms in total. The molecule has 3 rings (SSSR count). The van der Waals surface area contributed by atoms with E-state index in [-0.39, 0.29) is 5.91 Å². The van der Waals surface area contributed by atoms with Crippen LogP contribution in [0, 0.1) is 0 Å². The maximum absolute atomic E-state index is 11.9. The fourth-order valence-electron chi connectivity index (χ4n) is 1.67. The van der Waals surface area contributed by atoms with Gasteiger partial charge in [-0.1, -0.05) is 6.07 Å². The highest BCUT2D eigenvalue weighted by Gasteiger charge is 2.10. The van der Waals surface area contributed by atoms with E-state index in [4.69, 9.17) is 0 Å². The maximum Gasteiger partial charge on any atom is 0.291 e. The smallest absolute Gasteiger partial charge is 0.276 e. The summed E-state index contributed by atoms with van der Waals surface area (Å²) in [5, 5.41) is 12.7. The minimum Gasteiger partial charge on any atom is -0.276 e. The van der Waals surface area contributed by atoms with Crippen LogP contribution in [0.2, 0.25) is 0 Å². The number of hydrogen-bond donors (Lipinski definition) is 2. The molecule has 104 valence electrons. The van der Waals surface area contributed by atoms with Crippen molar-refractivity contribution in [1.82, 2.24) is 20.6 Å². The van der Waals surface area contributed by atoms with E-state index in [1.807, 2.05) is 17.5 Å². The molecule has 0 aliphatic carbocycles. The molecule has 2 N–H and O–H groups in total. The SMILES string of the molecule is O=C(N/N=C\c1ccncc1)c1cc(-c2cccs2)[nH]n1. The van der Waals surface area contributed by atoms with Crippen molar-refractivity contribution in [2.45, 2.75) is 0 Å². The standard InChI is InChI=1S/C14H11N5OS/c20-14(19-16-9-10-3-5-15-6-4-10)12-8-11(17-18-12)13-2-1-7-21-13/h1-9H,(H,17,18)(H,19,20)/b16-9-. The highest BCUT2D eigenvalue weighted by atomic mass is 32.1. The normalized spacial score (nSPS) is 10.9. The summed E-state index contributed by atoms with van der Waals surface area (Å²) < 4.78 is 0. The van der Waals surface area contributed by atoms with Crippen molar-refractivity contribution < 1.29 is 4.79 Å². The number of hydrazone groups is 1. The number of thiophene rings is 1. The van der Waals surface area contributed by atoms with Gasteiger partial charge >= 0.3 is 0 Å². The van der Waals surface area contributed by atoms with Crippen molar-refractivity contribution in [2.24, 2.45) is 5.10 Å². The van der Waals surface area contributed by atoms with Gasteiger partial charge in [0.15, 0.2) is 5.69 Å². The molecule has 0 fully saturated rings. The van der Waals surface area contributed by atoms with Gasteiger partial charge < -0.3 is 0 Å². The van der Waals surface area contributed by atoms with E-state index >= 15 is 0 Å². The van der Waals surface area contributed by atoms with Crippen LogP contribution < -0.4 is 5.43 Å². The zero-order valence-electron chi connectivity index (χ0n) is 10.9. The van der Waals surface area contributed by atoms with E-state index in [1.165, 1.54) is 0 Å². The summed E-state index contributed by atoms with van der Waals surface area (Å²) in [4.78, 5) is 16.8. The monoisotopic (exact) mass is 297 g/mol. The average molecular weight is 297 g/mol. The van der Waals surface area contributed by atoms with E-state index < -0.39 is 0 Å². The Kier molecular flexibility index (Phi) is 3.83. The topological polar surface area (TPSA) is 83.0 Å². The number of H-pyrrole nitrogens is 1. The Morgan fingerprint density at radius 1 is 1.33 bits per heavy atom. The third-order valence-corrected chi connectivity index (χ3v) is 3.59. The molecule has 0 aliphatic heterocycles. The van der Waals surface area contributed by atoms with Crippen molar-refractivity contribution in [2.75, 3.05) is 0 Å². The molecule has 3 heterocycles. The fraction of sp³-hybridized carbons (Fsp3) is 0. The highest BCUT2D eigenvalue weighted by molar-refractivity contribution is 7.13. The summed E-state index contributed by atoms with van der Waals surface area (Å²) in [5.41, 5.74) is 4.40. The number of nitrogens with one attached hydrogen (secondary N) is 2. The quantitative estimate of drug-likeness (QED) is 0.572.